The van der Waals surface area contributed by atoms with Crippen molar-refractivity contribution in [1.82, 2.24) is 4.72 Å². The summed E-state index contributed by atoms with van der Waals surface area (Å²) in [5, 5.41) is 5.82. The van der Waals surface area contributed by atoms with E-state index in [-0.39, 0.29) is 17.3 Å². The Balaban J connectivity index is 1.64. The van der Waals surface area contributed by atoms with E-state index in [1.165, 1.54) is 18.4 Å². The molecule has 3 aromatic rings. The van der Waals surface area contributed by atoms with Crippen molar-refractivity contribution in [3.8, 4) is 0 Å². The molecule has 1 amide bonds. The summed E-state index contributed by atoms with van der Waals surface area (Å²) >= 11 is 0. The molecule has 0 aliphatic heterocycles. The zero-order valence-electron chi connectivity index (χ0n) is 15.3. The Bertz CT molecular complexity index is 1020. The van der Waals surface area contributed by atoms with Gasteiger partial charge in [0.2, 0.25) is 15.9 Å². The Hall–Kier alpha value is -3.10. The first-order chi connectivity index (χ1) is 13.4. The topological polar surface area (TPSA) is 100 Å². The van der Waals surface area contributed by atoms with Gasteiger partial charge in [0.15, 0.2) is 0 Å². The van der Waals surface area contributed by atoms with Crippen LogP contribution in [0.1, 0.15) is 12.7 Å². The molecule has 1 aromatic heterocycles. The van der Waals surface area contributed by atoms with Gasteiger partial charge in [-0.2, -0.15) is 0 Å². The lowest BCUT2D eigenvalue weighted by atomic mass is 10.2. The lowest BCUT2D eigenvalue weighted by molar-refractivity contribution is -0.116. The molecule has 1 unspecified atom stereocenters. The molecule has 0 radical (unpaired) electrons. The van der Waals surface area contributed by atoms with Crippen molar-refractivity contribution in [1.29, 1.82) is 0 Å². The summed E-state index contributed by atoms with van der Waals surface area (Å²) in [4.78, 5) is 12.4. The largest absolute Gasteiger partial charge is 0.468 e. The minimum absolute atomic E-state index is 0.0584. The Labute approximate surface area is 163 Å². The molecule has 2 aromatic carbocycles. The van der Waals surface area contributed by atoms with Crippen molar-refractivity contribution in [2.75, 3.05) is 10.6 Å². The number of carbonyl (C=O) groups excluding carboxylic acids is 1. The molecule has 0 aliphatic carbocycles. The summed E-state index contributed by atoms with van der Waals surface area (Å²) in [5.74, 6) is 0.291. The van der Waals surface area contributed by atoms with E-state index in [4.69, 9.17) is 4.42 Å². The van der Waals surface area contributed by atoms with Gasteiger partial charge in [-0.05, 0) is 49.4 Å². The third-order valence-electron chi connectivity index (χ3n) is 3.98. The minimum Gasteiger partial charge on any atom is -0.468 e. The molecule has 0 saturated carbocycles. The van der Waals surface area contributed by atoms with Crippen molar-refractivity contribution in [2.24, 2.45) is 0 Å². The average Bonchev–Trinajstić information content (AvgIpc) is 3.21. The number of anilines is 2. The van der Waals surface area contributed by atoms with Gasteiger partial charge in [-0.25, -0.2) is 13.1 Å². The van der Waals surface area contributed by atoms with Gasteiger partial charge in [-0.3, -0.25) is 4.79 Å². The van der Waals surface area contributed by atoms with Gasteiger partial charge in [0.05, 0.1) is 17.7 Å². The summed E-state index contributed by atoms with van der Waals surface area (Å²) in [7, 11) is -3.71. The highest BCUT2D eigenvalue weighted by Gasteiger charge is 2.17. The molecular formula is C20H21N3O4S. The van der Waals surface area contributed by atoms with E-state index in [1.807, 2.05) is 18.2 Å². The van der Waals surface area contributed by atoms with E-state index in [0.29, 0.717) is 17.1 Å². The lowest BCUT2D eigenvalue weighted by Gasteiger charge is -2.16. The minimum atomic E-state index is -3.71. The fraction of sp³-hybridized carbons (Fsp3) is 0.150. The normalized spacial score (nSPS) is 12.3. The van der Waals surface area contributed by atoms with Gasteiger partial charge >= 0.3 is 0 Å². The molecule has 3 N–H and O–H groups in total. The Morgan fingerprint density at radius 1 is 1.00 bits per heavy atom. The molecule has 1 atom stereocenters. The summed E-state index contributed by atoms with van der Waals surface area (Å²) in [5.41, 5.74) is 1.22. The van der Waals surface area contributed by atoms with Crippen molar-refractivity contribution >= 4 is 27.3 Å². The van der Waals surface area contributed by atoms with Gasteiger partial charge in [-0.15, -0.1) is 0 Å². The Morgan fingerprint density at radius 3 is 2.46 bits per heavy atom. The maximum Gasteiger partial charge on any atom is 0.246 e. The van der Waals surface area contributed by atoms with Crippen LogP contribution in [0.3, 0.4) is 0 Å². The molecule has 1 heterocycles. The second-order valence-corrected chi connectivity index (χ2v) is 7.92. The van der Waals surface area contributed by atoms with Crippen LogP contribution in [0.25, 0.3) is 0 Å². The van der Waals surface area contributed by atoms with Crippen LogP contribution in [0.5, 0.6) is 0 Å². The van der Waals surface area contributed by atoms with Crippen molar-refractivity contribution in [2.45, 2.75) is 24.4 Å². The van der Waals surface area contributed by atoms with E-state index in [2.05, 4.69) is 15.4 Å². The third kappa shape index (κ3) is 5.21. The van der Waals surface area contributed by atoms with Gasteiger partial charge in [0.25, 0.3) is 0 Å². The number of benzene rings is 2. The average molecular weight is 399 g/mol. The van der Waals surface area contributed by atoms with E-state index in [1.54, 1.807) is 43.3 Å². The number of hydrogen-bond acceptors (Lipinski definition) is 5. The van der Waals surface area contributed by atoms with Crippen LogP contribution in [0.4, 0.5) is 11.4 Å². The number of para-hydroxylation sites is 1. The SMILES string of the molecule is CC(Nc1cccc(S(=O)(=O)NCc2ccco2)c1)C(=O)Nc1ccccc1. The van der Waals surface area contributed by atoms with Crippen LogP contribution in [-0.4, -0.2) is 20.4 Å². The van der Waals surface area contributed by atoms with Crippen LogP contribution in [0.15, 0.2) is 82.3 Å². The fourth-order valence-electron chi connectivity index (χ4n) is 2.50. The van der Waals surface area contributed by atoms with Crippen LogP contribution in [-0.2, 0) is 21.4 Å². The Kier molecular flexibility index (Phi) is 6.13. The summed E-state index contributed by atoms with van der Waals surface area (Å²) < 4.78 is 32.6. The second-order valence-electron chi connectivity index (χ2n) is 6.15. The maximum atomic E-state index is 12.5. The first-order valence-electron chi connectivity index (χ1n) is 8.68. The maximum absolute atomic E-state index is 12.5. The highest BCUT2D eigenvalue weighted by Crippen LogP contribution is 2.17. The third-order valence-corrected chi connectivity index (χ3v) is 5.38. The molecule has 0 bridgehead atoms. The number of amides is 1. The zero-order chi connectivity index (χ0) is 20.0. The smallest absolute Gasteiger partial charge is 0.246 e. The molecule has 8 heteroatoms. The van der Waals surface area contributed by atoms with E-state index in [9.17, 15) is 13.2 Å². The van der Waals surface area contributed by atoms with Gasteiger partial charge in [0.1, 0.15) is 11.8 Å². The standard InChI is InChI=1S/C20H21N3O4S/c1-15(20(24)23-16-7-3-2-4-8-16)22-17-9-5-11-19(13-17)28(25,26)21-14-18-10-6-12-27-18/h2-13,15,21-22H,14H2,1H3,(H,23,24). The molecule has 0 saturated heterocycles. The van der Waals surface area contributed by atoms with Crippen LogP contribution >= 0.6 is 0 Å². The van der Waals surface area contributed by atoms with Crippen LogP contribution in [0.2, 0.25) is 0 Å². The highest BCUT2D eigenvalue weighted by molar-refractivity contribution is 7.89. The molecule has 146 valence electrons. The number of carbonyl (C=O) groups is 1. The van der Waals surface area contributed by atoms with Crippen LogP contribution in [0, 0.1) is 0 Å². The highest BCUT2D eigenvalue weighted by atomic mass is 32.2. The van der Waals surface area contributed by atoms with Gasteiger partial charge < -0.3 is 15.1 Å². The number of sulfonamides is 1. The number of furan rings is 1. The summed E-state index contributed by atoms with van der Waals surface area (Å²) in [6.07, 6.45) is 1.48. The van der Waals surface area contributed by atoms with Gasteiger partial charge in [0, 0.05) is 11.4 Å². The first kappa shape index (κ1) is 19.7. The molecule has 7 nitrogen and oxygen atoms in total. The first-order valence-corrected chi connectivity index (χ1v) is 10.2. The Morgan fingerprint density at radius 2 is 1.75 bits per heavy atom. The predicted molar refractivity (Wildman–Crippen MR) is 107 cm³/mol. The molecule has 28 heavy (non-hydrogen) atoms. The van der Waals surface area contributed by atoms with Crippen molar-refractivity contribution in [3.05, 3.63) is 78.8 Å². The monoisotopic (exact) mass is 399 g/mol. The second kappa shape index (κ2) is 8.73. The fourth-order valence-corrected chi connectivity index (χ4v) is 3.54. The zero-order valence-corrected chi connectivity index (χ0v) is 16.1. The number of hydrogen-bond donors (Lipinski definition) is 3. The van der Waals surface area contributed by atoms with E-state index < -0.39 is 16.1 Å². The van der Waals surface area contributed by atoms with Crippen molar-refractivity contribution in [3.63, 3.8) is 0 Å². The lowest BCUT2D eigenvalue weighted by Crippen LogP contribution is -2.32. The van der Waals surface area contributed by atoms with Crippen LogP contribution < -0.4 is 15.4 Å². The number of rotatable bonds is 8. The predicted octanol–water partition coefficient (Wildman–Crippen LogP) is 3.20. The molecule has 3 rings (SSSR count). The molecule has 0 aliphatic rings. The molecule has 0 fully saturated rings. The summed E-state index contributed by atoms with van der Waals surface area (Å²) in [6.45, 7) is 1.76. The number of nitrogens with one attached hydrogen (secondary N) is 3. The quantitative estimate of drug-likeness (QED) is 0.540. The van der Waals surface area contributed by atoms with E-state index in [0.717, 1.165) is 0 Å². The van der Waals surface area contributed by atoms with E-state index >= 15 is 0 Å². The summed E-state index contributed by atoms with van der Waals surface area (Å²) in [6, 6.07) is 18.2. The van der Waals surface area contributed by atoms with Gasteiger partial charge in [-0.1, -0.05) is 24.3 Å². The molecule has 0 spiro atoms. The molecular weight excluding hydrogens is 378 g/mol. The van der Waals surface area contributed by atoms with Crippen molar-refractivity contribution < 1.29 is 17.6 Å².